The molecule has 0 amide bonds. The van der Waals surface area contributed by atoms with Crippen LogP contribution >= 0.6 is 15.9 Å². The van der Waals surface area contributed by atoms with Crippen LogP contribution in [0.3, 0.4) is 0 Å². The summed E-state index contributed by atoms with van der Waals surface area (Å²) in [6.07, 6.45) is 1.37. The van der Waals surface area contributed by atoms with Crippen molar-refractivity contribution in [3.63, 3.8) is 0 Å². The molecule has 5 nitrogen and oxygen atoms in total. The van der Waals surface area contributed by atoms with Gasteiger partial charge in [-0.05, 0) is 35.7 Å². The zero-order valence-corrected chi connectivity index (χ0v) is 10.2. The van der Waals surface area contributed by atoms with Gasteiger partial charge in [-0.25, -0.2) is 4.98 Å². The fourth-order valence-electron chi connectivity index (χ4n) is 1.11. The third kappa shape index (κ3) is 4.94. The van der Waals surface area contributed by atoms with E-state index >= 15 is 0 Å². The molecule has 0 aromatic carbocycles. The van der Waals surface area contributed by atoms with E-state index in [1.54, 1.807) is 13.0 Å². The summed E-state index contributed by atoms with van der Waals surface area (Å²) in [6.45, 7) is 2.49. The number of aliphatic hydroxyl groups excluding tert-OH is 1. The van der Waals surface area contributed by atoms with E-state index in [0.717, 1.165) is 19.4 Å². The van der Waals surface area contributed by atoms with Crippen LogP contribution in [0.2, 0.25) is 0 Å². The molecular weight excluding hydrogens is 260 g/mol. The summed E-state index contributed by atoms with van der Waals surface area (Å²) < 4.78 is 0.660. The molecule has 0 saturated carbocycles. The Hall–Kier alpha value is -0.880. The predicted molar refractivity (Wildman–Crippen MR) is 63.5 cm³/mol. The van der Waals surface area contributed by atoms with Gasteiger partial charge in [-0.3, -0.25) is 0 Å². The van der Waals surface area contributed by atoms with E-state index in [1.807, 2.05) is 0 Å². The fraction of sp³-hybridized carbons (Fsp3) is 0.556. The van der Waals surface area contributed by atoms with E-state index in [2.05, 4.69) is 31.2 Å². The average molecular weight is 275 g/mol. The molecule has 1 atom stereocenters. The number of anilines is 2. The lowest BCUT2D eigenvalue weighted by molar-refractivity contribution is 0.183. The van der Waals surface area contributed by atoms with Gasteiger partial charge in [0.15, 0.2) is 0 Å². The van der Waals surface area contributed by atoms with E-state index in [-0.39, 0.29) is 6.10 Å². The summed E-state index contributed by atoms with van der Waals surface area (Å²) in [7, 11) is 0. The van der Waals surface area contributed by atoms with Gasteiger partial charge < -0.3 is 16.2 Å². The Balaban J connectivity index is 2.37. The second-order valence-corrected chi connectivity index (χ2v) is 4.17. The Kier molecular flexibility index (Phi) is 4.77. The van der Waals surface area contributed by atoms with Crippen molar-refractivity contribution >= 4 is 27.7 Å². The molecular formula is C9H15BrN4O. The lowest BCUT2D eigenvalue weighted by atomic mass is 10.2. The van der Waals surface area contributed by atoms with Crippen LogP contribution in [0.5, 0.6) is 0 Å². The minimum atomic E-state index is -0.264. The molecule has 6 heteroatoms. The highest BCUT2D eigenvalue weighted by atomic mass is 79.9. The summed E-state index contributed by atoms with van der Waals surface area (Å²) in [5.74, 6) is 0.933. The van der Waals surface area contributed by atoms with Crippen LogP contribution in [0.25, 0.3) is 0 Å². The van der Waals surface area contributed by atoms with Crippen LogP contribution in [0.1, 0.15) is 19.8 Å². The van der Waals surface area contributed by atoms with Crippen molar-refractivity contribution in [2.24, 2.45) is 0 Å². The van der Waals surface area contributed by atoms with Crippen LogP contribution in [0.4, 0.5) is 11.8 Å². The number of nitrogens with one attached hydrogen (secondary N) is 1. The van der Waals surface area contributed by atoms with Crippen LogP contribution in [-0.4, -0.2) is 27.7 Å². The fourth-order valence-corrected chi connectivity index (χ4v) is 1.51. The first-order valence-corrected chi connectivity index (χ1v) is 5.59. The summed E-state index contributed by atoms with van der Waals surface area (Å²) in [6, 6.07) is 1.64. The van der Waals surface area contributed by atoms with Gasteiger partial charge in [-0.2, -0.15) is 4.98 Å². The normalized spacial score (nSPS) is 12.5. The Morgan fingerprint density at radius 2 is 2.33 bits per heavy atom. The van der Waals surface area contributed by atoms with Gasteiger partial charge in [0, 0.05) is 12.6 Å². The minimum Gasteiger partial charge on any atom is -0.393 e. The second-order valence-electron chi connectivity index (χ2n) is 3.36. The quantitative estimate of drug-likeness (QED) is 0.558. The van der Waals surface area contributed by atoms with Crippen molar-refractivity contribution in [2.75, 3.05) is 17.6 Å². The average Bonchev–Trinajstić information content (AvgIpc) is 2.10. The molecule has 1 aromatic rings. The molecule has 4 N–H and O–H groups in total. The van der Waals surface area contributed by atoms with E-state index < -0.39 is 0 Å². The summed E-state index contributed by atoms with van der Waals surface area (Å²) in [5.41, 5.74) is 5.55. The largest absolute Gasteiger partial charge is 0.393 e. The molecule has 1 unspecified atom stereocenters. The van der Waals surface area contributed by atoms with Gasteiger partial charge in [-0.15, -0.1) is 0 Å². The van der Waals surface area contributed by atoms with E-state index in [1.165, 1.54) is 0 Å². The molecule has 0 aliphatic rings. The number of aliphatic hydroxyl groups is 1. The van der Waals surface area contributed by atoms with Crippen LogP contribution in [-0.2, 0) is 0 Å². The molecule has 0 aliphatic heterocycles. The molecule has 1 aromatic heterocycles. The molecule has 0 fully saturated rings. The molecule has 1 rings (SSSR count). The summed E-state index contributed by atoms with van der Waals surface area (Å²) in [5, 5.41) is 12.1. The molecule has 0 aliphatic carbocycles. The molecule has 84 valence electrons. The molecule has 0 spiro atoms. The van der Waals surface area contributed by atoms with Crippen molar-refractivity contribution in [1.29, 1.82) is 0 Å². The Morgan fingerprint density at radius 3 is 2.93 bits per heavy atom. The number of halogens is 1. The number of hydrogen-bond acceptors (Lipinski definition) is 5. The number of nitrogen functional groups attached to an aromatic ring is 1. The predicted octanol–water partition coefficient (Wildman–Crippen LogP) is 1.39. The number of hydrogen-bond donors (Lipinski definition) is 3. The first-order valence-electron chi connectivity index (χ1n) is 4.80. The third-order valence-corrected chi connectivity index (χ3v) is 2.20. The van der Waals surface area contributed by atoms with Crippen molar-refractivity contribution < 1.29 is 5.11 Å². The summed E-state index contributed by atoms with van der Waals surface area (Å²) >= 11 is 3.23. The smallest absolute Gasteiger partial charge is 0.225 e. The van der Waals surface area contributed by atoms with Crippen molar-refractivity contribution in [3.05, 3.63) is 10.7 Å². The first kappa shape index (κ1) is 12.2. The second kappa shape index (κ2) is 5.87. The van der Waals surface area contributed by atoms with Crippen molar-refractivity contribution in [3.8, 4) is 0 Å². The van der Waals surface area contributed by atoms with E-state index in [4.69, 9.17) is 10.8 Å². The Morgan fingerprint density at radius 1 is 1.60 bits per heavy atom. The van der Waals surface area contributed by atoms with Gasteiger partial charge >= 0.3 is 0 Å². The van der Waals surface area contributed by atoms with Crippen molar-refractivity contribution in [1.82, 2.24) is 9.97 Å². The van der Waals surface area contributed by atoms with Gasteiger partial charge in [0.1, 0.15) is 10.4 Å². The SMILES string of the molecule is CC(O)CCCNc1nc(N)cc(Br)n1. The molecule has 0 radical (unpaired) electrons. The molecule has 0 bridgehead atoms. The molecule has 15 heavy (non-hydrogen) atoms. The maximum atomic E-state index is 9.05. The standard InChI is InChI=1S/C9H15BrN4O/c1-6(15)3-2-4-12-9-13-7(10)5-8(11)14-9/h5-6,15H,2-4H2,1H3,(H3,11,12,13,14). The van der Waals surface area contributed by atoms with Gasteiger partial charge in [-0.1, -0.05) is 0 Å². The van der Waals surface area contributed by atoms with Gasteiger partial charge in [0.2, 0.25) is 5.95 Å². The number of aromatic nitrogens is 2. The highest BCUT2D eigenvalue weighted by molar-refractivity contribution is 9.10. The molecule has 1 heterocycles. The number of rotatable bonds is 5. The summed E-state index contributed by atoms with van der Waals surface area (Å²) in [4.78, 5) is 8.12. The highest BCUT2D eigenvalue weighted by Gasteiger charge is 2.00. The Bertz CT molecular complexity index is 299. The van der Waals surface area contributed by atoms with Crippen LogP contribution in [0.15, 0.2) is 10.7 Å². The van der Waals surface area contributed by atoms with E-state index in [0.29, 0.717) is 16.4 Å². The lowest BCUT2D eigenvalue weighted by Crippen LogP contribution is -2.09. The lowest BCUT2D eigenvalue weighted by Gasteiger charge is -2.06. The first-order chi connectivity index (χ1) is 7.08. The minimum absolute atomic E-state index is 0.264. The highest BCUT2D eigenvalue weighted by Crippen LogP contribution is 2.12. The van der Waals surface area contributed by atoms with Gasteiger partial charge in [0.05, 0.1) is 6.10 Å². The zero-order chi connectivity index (χ0) is 11.3. The molecule has 0 saturated heterocycles. The van der Waals surface area contributed by atoms with Crippen molar-refractivity contribution in [2.45, 2.75) is 25.9 Å². The third-order valence-electron chi connectivity index (χ3n) is 1.80. The number of nitrogens with two attached hydrogens (primary N) is 1. The van der Waals surface area contributed by atoms with Gasteiger partial charge in [0.25, 0.3) is 0 Å². The van der Waals surface area contributed by atoms with Crippen LogP contribution < -0.4 is 11.1 Å². The monoisotopic (exact) mass is 274 g/mol. The topological polar surface area (TPSA) is 84.1 Å². The Labute approximate surface area is 97.2 Å². The maximum Gasteiger partial charge on any atom is 0.225 e. The van der Waals surface area contributed by atoms with E-state index in [9.17, 15) is 0 Å². The van der Waals surface area contributed by atoms with Crippen LogP contribution in [0, 0.1) is 0 Å². The zero-order valence-electron chi connectivity index (χ0n) is 8.57. The maximum absolute atomic E-state index is 9.05. The number of nitrogens with zero attached hydrogens (tertiary/aromatic N) is 2.